The summed E-state index contributed by atoms with van der Waals surface area (Å²) in [5, 5.41) is 3.35. The number of hydrogen-bond donors (Lipinski definition) is 1. The van der Waals surface area contributed by atoms with Gasteiger partial charge >= 0.3 is 0 Å². The smallest absolute Gasteiger partial charge is 0.219 e. The number of rotatable bonds is 3. The summed E-state index contributed by atoms with van der Waals surface area (Å²) < 4.78 is 5.31. The predicted molar refractivity (Wildman–Crippen MR) is 50.5 cm³/mol. The zero-order valence-corrected chi connectivity index (χ0v) is 8.38. The van der Waals surface area contributed by atoms with Gasteiger partial charge in [-0.3, -0.25) is 4.79 Å². The van der Waals surface area contributed by atoms with Gasteiger partial charge in [0.25, 0.3) is 0 Å². The van der Waals surface area contributed by atoms with E-state index in [0.29, 0.717) is 6.04 Å². The van der Waals surface area contributed by atoms with Crippen LogP contribution in [0.2, 0.25) is 0 Å². The first-order chi connectivity index (χ1) is 6.20. The van der Waals surface area contributed by atoms with E-state index >= 15 is 0 Å². The van der Waals surface area contributed by atoms with Gasteiger partial charge in [0.2, 0.25) is 5.91 Å². The van der Waals surface area contributed by atoms with Crippen molar-refractivity contribution >= 4 is 5.91 Å². The summed E-state index contributed by atoms with van der Waals surface area (Å²) in [6, 6.07) is 0.413. The van der Waals surface area contributed by atoms with Gasteiger partial charge in [0.1, 0.15) is 0 Å². The molecule has 1 N–H and O–H groups in total. The van der Waals surface area contributed by atoms with Crippen molar-refractivity contribution < 1.29 is 9.53 Å². The maximum atomic E-state index is 10.9. The molecule has 1 atom stereocenters. The van der Waals surface area contributed by atoms with E-state index in [9.17, 15) is 4.79 Å². The molecule has 1 amide bonds. The van der Waals surface area contributed by atoms with Gasteiger partial charge in [-0.2, -0.15) is 0 Å². The minimum absolute atomic E-state index is 0.122. The quantitative estimate of drug-likeness (QED) is 0.666. The number of carbonyl (C=O) groups excluding carboxylic acids is 1. The number of nitrogens with zero attached hydrogens (tertiary/aromatic N) is 1. The summed E-state index contributed by atoms with van der Waals surface area (Å²) in [6.45, 7) is 4.89. The van der Waals surface area contributed by atoms with E-state index in [1.54, 1.807) is 11.8 Å². The molecule has 0 aromatic rings. The van der Waals surface area contributed by atoms with Gasteiger partial charge in [0.15, 0.2) is 0 Å². The molecule has 0 spiro atoms. The van der Waals surface area contributed by atoms with Crippen molar-refractivity contribution in [2.24, 2.45) is 0 Å². The molecule has 0 aromatic heterocycles. The van der Waals surface area contributed by atoms with Crippen LogP contribution in [0.1, 0.15) is 13.3 Å². The Hall–Kier alpha value is -0.610. The summed E-state index contributed by atoms with van der Waals surface area (Å²) in [6.07, 6.45) is 0.968. The normalized spacial score (nSPS) is 22.8. The first-order valence-electron chi connectivity index (χ1n) is 4.73. The number of ether oxygens (including phenoxy) is 1. The zero-order valence-electron chi connectivity index (χ0n) is 8.38. The van der Waals surface area contributed by atoms with Crippen LogP contribution in [0.25, 0.3) is 0 Å². The van der Waals surface area contributed by atoms with E-state index in [1.165, 1.54) is 0 Å². The largest absolute Gasteiger partial charge is 0.379 e. The zero-order chi connectivity index (χ0) is 9.68. The predicted octanol–water partition coefficient (Wildman–Crippen LogP) is -0.157. The highest BCUT2D eigenvalue weighted by Crippen LogP contribution is 1.99. The second-order valence-corrected chi connectivity index (χ2v) is 3.46. The van der Waals surface area contributed by atoms with E-state index in [0.717, 1.165) is 32.7 Å². The molecular formula is C9H18N2O2. The lowest BCUT2D eigenvalue weighted by atomic mass is 10.2. The number of amides is 1. The molecule has 1 fully saturated rings. The van der Waals surface area contributed by atoms with Crippen molar-refractivity contribution in [3.8, 4) is 0 Å². The fourth-order valence-electron chi connectivity index (χ4n) is 1.31. The second kappa shape index (κ2) is 5.19. The van der Waals surface area contributed by atoms with Crippen LogP contribution in [0.15, 0.2) is 0 Å². The van der Waals surface area contributed by atoms with Crippen molar-refractivity contribution in [3.63, 3.8) is 0 Å². The highest BCUT2D eigenvalue weighted by molar-refractivity contribution is 5.72. The third-order valence-corrected chi connectivity index (χ3v) is 2.35. The van der Waals surface area contributed by atoms with Crippen LogP contribution in [0.3, 0.4) is 0 Å². The van der Waals surface area contributed by atoms with Crippen molar-refractivity contribution in [1.82, 2.24) is 10.2 Å². The molecule has 0 saturated carbocycles. The minimum atomic E-state index is 0.122. The molecule has 1 unspecified atom stereocenters. The standard InChI is InChI=1S/C9H18N2O2/c1-8(12)11(2)5-3-9-7-13-6-4-10-9/h9-10H,3-7H2,1-2H3. The number of morpholine rings is 1. The first kappa shape index (κ1) is 10.5. The van der Waals surface area contributed by atoms with E-state index in [-0.39, 0.29) is 5.91 Å². The van der Waals surface area contributed by atoms with E-state index in [4.69, 9.17) is 4.74 Å². The van der Waals surface area contributed by atoms with Crippen LogP contribution in [0.4, 0.5) is 0 Å². The summed E-state index contributed by atoms with van der Waals surface area (Å²) in [5.41, 5.74) is 0. The number of carbonyl (C=O) groups is 1. The lowest BCUT2D eigenvalue weighted by Gasteiger charge is -2.25. The van der Waals surface area contributed by atoms with Crippen molar-refractivity contribution in [3.05, 3.63) is 0 Å². The molecule has 1 saturated heterocycles. The summed E-state index contributed by atoms with van der Waals surface area (Å²) in [5.74, 6) is 0.122. The highest BCUT2D eigenvalue weighted by Gasteiger charge is 2.13. The average Bonchev–Trinajstić information content (AvgIpc) is 2.15. The summed E-state index contributed by atoms with van der Waals surface area (Å²) in [4.78, 5) is 12.6. The molecule has 4 heteroatoms. The van der Waals surface area contributed by atoms with Gasteiger partial charge in [-0.15, -0.1) is 0 Å². The molecule has 1 heterocycles. The second-order valence-electron chi connectivity index (χ2n) is 3.46. The van der Waals surface area contributed by atoms with Crippen LogP contribution in [0, 0.1) is 0 Å². The highest BCUT2D eigenvalue weighted by atomic mass is 16.5. The fourth-order valence-corrected chi connectivity index (χ4v) is 1.31. The van der Waals surface area contributed by atoms with Crippen LogP contribution >= 0.6 is 0 Å². The summed E-state index contributed by atoms with van der Waals surface area (Å²) >= 11 is 0. The molecule has 1 rings (SSSR count). The Balaban J connectivity index is 2.13. The van der Waals surface area contributed by atoms with Gasteiger partial charge in [0.05, 0.1) is 13.2 Å². The Bertz CT molecular complexity index is 167. The number of nitrogens with one attached hydrogen (secondary N) is 1. The molecule has 0 aromatic carbocycles. The Morgan fingerprint density at radius 2 is 2.46 bits per heavy atom. The van der Waals surface area contributed by atoms with Crippen molar-refractivity contribution in [2.45, 2.75) is 19.4 Å². The Morgan fingerprint density at radius 1 is 1.69 bits per heavy atom. The van der Waals surface area contributed by atoms with Crippen LogP contribution in [-0.2, 0) is 9.53 Å². The van der Waals surface area contributed by atoms with E-state index < -0.39 is 0 Å². The molecule has 13 heavy (non-hydrogen) atoms. The first-order valence-corrected chi connectivity index (χ1v) is 4.73. The molecule has 0 aliphatic carbocycles. The Labute approximate surface area is 79.2 Å². The maximum absolute atomic E-state index is 10.9. The van der Waals surface area contributed by atoms with Gasteiger partial charge in [-0.05, 0) is 6.42 Å². The molecule has 0 bridgehead atoms. The topological polar surface area (TPSA) is 41.6 Å². The van der Waals surface area contributed by atoms with Gasteiger partial charge in [-0.25, -0.2) is 0 Å². The fraction of sp³-hybridized carbons (Fsp3) is 0.889. The van der Waals surface area contributed by atoms with Crippen LogP contribution < -0.4 is 5.32 Å². The Morgan fingerprint density at radius 3 is 3.00 bits per heavy atom. The third kappa shape index (κ3) is 3.74. The molecule has 0 radical (unpaired) electrons. The lowest BCUT2D eigenvalue weighted by molar-refractivity contribution is -0.127. The van der Waals surface area contributed by atoms with Crippen molar-refractivity contribution in [1.29, 1.82) is 0 Å². The molecular weight excluding hydrogens is 168 g/mol. The van der Waals surface area contributed by atoms with Crippen LogP contribution in [-0.4, -0.2) is 50.2 Å². The van der Waals surface area contributed by atoms with Gasteiger partial charge in [0, 0.05) is 33.1 Å². The van der Waals surface area contributed by atoms with E-state index in [1.807, 2.05) is 7.05 Å². The minimum Gasteiger partial charge on any atom is -0.379 e. The SMILES string of the molecule is CC(=O)N(C)CCC1COCCN1. The number of hydrogen-bond acceptors (Lipinski definition) is 3. The Kier molecular flexibility index (Phi) is 4.18. The van der Waals surface area contributed by atoms with Gasteiger partial charge < -0.3 is 15.0 Å². The summed E-state index contributed by atoms with van der Waals surface area (Å²) in [7, 11) is 1.83. The van der Waals surface area contributed by atoms with E-state index in [2.05, 4.69) is 5.32 Å². The average molecular weight is 186 g/mol. The monoisotopic (exact) mass is 186 g/mol. The van der Waals surface area contributed by atoms with Crippen LogP contribution in [0.5, 0.6) is 0 Å². The third-order valence-electron chi connectivity index (χ3n) is 2.35. The molecule has 76 valence electrons. The van der Waals surface area contributed by atoms with Crippen molar-refractivity contribution in [2.75, 3.05) is 33.4 Å². The lowest BCUT2D eigenvalue weighted by Crippen LogP contribution is -2.43. The molecule has 4 nitrogen and oxygen atoms in total. The maximum Gasteiger partial charge on any atom is 0.219 e. The molecule has 1 aliphatic heterocycles. The van der Waals surface area contributed by atoms with Gasteiger partial charge in [-0.1, -0.05) is 0 Å². The molecule has 1 aliphatic rings.